The Hall–Kier alpha value is -3.07. The molecule has 2 aromatic heterocycles. The number of benzene rings is 1. The molecule has 1 amide bonds. The molecule has 5 rings (SSSR count). The number of nitrogens with zero attached hydrogens (tertiary/aromatic N) is 4. The maximum absolute atomic E-state index is 13.2. The van der Waals surface area contributed by atoms with Gasteiger partial charge in [0.1, 0.15) is 5.82 Å². The zero-order chi connectivity index (χ0) is 22.2. The van der Waals surface area contributed by atoms with Gasteiger partial charge < -0.3 is 25.0 Å². The second-order valence-corrected chi connectivity index (χ2v) is 9.17. The number of carbonyl (C=O) groups excluding carboxylic acids is 1. The molecule has 3 aromatic rings. The first kappa shape index (κ1) is 20.8. The summed E-state index contributed by atoms with van der Waals surface area (Å²) < 4.78 is 10.8. The third kappa shape index (κ3) is 3.50. The predicted molar refractivity (Wildman–Crippen MR) is 126 cm³/mol. The van der Waals surface area contributed by atoms with Crippen molar-refractivity contribution in [2.45, 2.75) is 37.8 Å². The molecular formula is C23H27N5O3S. The molecule has 1 saturated heterocycles. The Morgan fingerprint density at radius 1 is 1.09 bits per heavy atom. The first-order chi connectivity index (χ1) is 15.6. The highest BCUT2D eigenvalue weighted by Gasteiger charge is 2.41. The van der Waals surface area contributed by atoms with Gasteiger partial charge in [-0.05, 0) is 30.4 Å². The highest BCUT2D eigenvalue weighted by Crippen LogP contribution is 2.37. The van der Waals surface area contributed by atoms with Gasteiger partial charge in [-0.1, -0.05) is 18.9 Å². The van der Waals surface area contributed by atoms with Gasteiger partial charge in [-0.25, -0.2) is 4.98 Å². The predicted octanol–water partition coefficient (Wildman–Crippen LogP) is 3.56. The summed E-state index contributed by atoms with van der Waals surface area (Å²) in [6, 6.07) is 7.82. The van der Waals surface area contributed by atoms with E-state index in [1.54, 1.807) is 14.2 Å². The number of hydrogen-bond donors (Lipinski definition) is 1. The van der Waals surface area contributed by atoms with Crippen LogP contribution in [-0.2, 0) is 0 Å². The van der Waals surface area contributed by atoms with E-state index in [4.69, 9.17) is 20.2 Å². The molecule has 2 atom stereocenters. The van der Waals surface area contributed by atoms with E-state index in [1.807, 2.05) is 29.6 Å². The van der Waals surface area contributed by atoms with Gasteiger partial charge in [0.15, 0.2) is 11.5 Å². The molecule has 1 aliphatic carbocycles. The van der Waals surface area contributed by atoms with Crippen LogP contribution in [0.3, 0.4) is 0 Å². The van der Waals surface area contributed by atoms with E-state index < -0.39 is 0 Å². The van der Waals surface area contributed by atoms with Crippen LogP contribution < -0.4 is 20.1 Å². The lowest BCUT2D eigenvalue weighted by atomic mass is 9.86. The number of ether oxygens (including phenoxy) is 2. The van der Waals surface area contributed by atoms with Gasteiger partial charge in [0.05, 0.1) is 36.7 Å². The van der Waals surface area contributed by atoms with E-state index in [0.717, 1.165) is 41.5 Å². The zero-order valence-electron chi connectivity index (χ0n) is 18.3. The van der Waals surface area contributed by atoms with Crippen LogP contribution in [0.4, 0.5) is 11.8 Å². The molecule has 1 saturated carbocycles. The van der Waals surface area contributed by atoms with Crippen molar-refractivity contribution in [1.82, 2.24) is 14.9 Å². The first-order valence-electron chi connectivity index (χ1n) is 10.9. The quantitative estimate of drug-likeness (QED) is 0.645. The third-order valence-electron chi connectivity index (χ3n) is 6.54. The Bertz CT molecular complexity index is 1140. The van der Waals surface area contributed by atoms with Crippen LogP contribution in [0.25, 0.3) is 10.9 Å². The van der Waals surface area contributed by atoms with Gasteiger partial charge in [-0.3, -0.25) is 4.79 Å². The topological polar surface area (TPSA) is 93.8 Å². The van der Waals surface area contributed by atoms with Crippen LogP contribution in [0.5, 0.6) is 11.5 Å². The number of amides is 1. The minimum Gasteiger partial charge on any atom is -0.493 e. The fourth-order valence-electron chi connectivity index (χ4n) is 5.00. The molecule has 0 unspecified atom stereocenters. The van der Waals surface area contributed by atoms with Crippen LogP contribution in [0.1, 0.15) is 35.4 Å². The summed E-state index contributed by atoms with van der Waals surface area (Å²) in [6.45, 7) is 1.32. The number of rotatable bonds is 4. The number of aromatic nitrogens is 2. The van der Waals surface area contributed by atoms with Crippen molar-refractivity contribution in [2.75, 3.05) is 37.9 Å². The van der Waals surface area contributed by atoms with Crippen molar-refractivity contribution >= 4 is 39.9 Å². The van der Waals surface area contributed by atoms with Crippen molar-refractivity contribution in [3.05, 3.63) is 34.5 Å². The number of nitrogen functional groups attached to an aromatic ring is 1. The van der Waals surface area contributed by atoms with Gasteiger partial charge in [0.25, 0.3) is 5.91 Å². The Labute approximate surface area is 191 Å². The van der Waals surface area contributed by atoms with Crippen LogP contribution in [-0.4, -0.2) is 60.2 Å². The molecule has 3 heterocycles. The number of carbonyl (C=O) groups is 1. The second kappa shape index (κ2) is 8.46. The standard InChI is InChI=1S/C23H27N5O3S/c1-30-18-12-14-15(13-19(18)31-2)25-23(26-21(14)24)28-10-9-27(16-6-3-4-7-17(16)28)22(29)20-8-5-11-32-20/h5,8,11-13,16-17H,3-4,6-7,9-10H2,1-2H3,(H2,24,25,26)/t16-,17+/m0/s1. The maximum Gasteiger partial charge on any atom is 0.264 e. The average molecular weight is 454 g/mol. The fraction of sp³-hybridized carbons (Fsp3) is 0.435. The molecule has 2 aliphatic rings. The molecular weight excluding hydrogens is 426 g/mol. The van der Waals surface area contributed by atoms with E-state index in [1.165, 1.54) is 11.3 Å². The Balaban J connectivity index is 1.50. The van der Waals surface area contributed by atoms with Crippen LogP contribution in [0.2, 0.25) is 0 Å². The fourth-order valence-corrected chi connectivity index (χ4v) is 5.68. The number of anilines is 2. The van der Waals surface area contributed by atoms with E-state index in [9.17, 15) is 4.79 Å². The number of piperazine rings is 1. The molecule has 2 N–H and O–H groups in total. The summed E-state index contributed by atoms with van der Waals surface area (Å²) in [5.41, 5.74) is 7.07. The normalized spacial score (nSPS) is 20.8. The van der Waals surface area contributed by atoms with Crippen LogP contribution in [0.15, 0.2) is 29.6 Å². The zero-order valence-corrected chi connectivity index (χ0v) is 19.1. The van der Waals surface area contributed by atoms with Gasteiger partial charge in [-0.15, -0.1) is 11.3 Å². The lowest BCUT2D eigenvalue weighted by molar-refractivity contribution is 0.0544. The Morgan fingerprint density at radius 2 is 1.84 bits per heavy atom. The van der Waals surface area contributed by atoms with Crippen molar-refractivity contribution in [1.29, 1.82) is 0 Å². The number of hydrogen-bond acceptors (Lipinski definition) is 8. The highest BCUT2D eigenvalue weighted by molar-refractivity contribution is 7.12. The molecule has 32 heavy (non-hydrogen) atoms. The Kier molecular flexibility index (Phi) is 5.50. The smallest absolute Gasteiger partial charge is 0.264 e. The molecule has 1 aromatic carbocycles. The monoisotopic (exact) mass is 453 g/mol. The molecule has 1 aliphatic heterocycles. The van der Waals surface area contributed by atoms with Gasteiger partial charge in [-0.2, -0.15) is 4.98 Å². The highest BCUT2D eigenvalue weighted by atomic mass is 32.1. The molecule has 0 bridgehead atoms. The van der Waals surface area contributed by atoms with Crippen LogP contribution >= 0.6 is 11.3 Å². The average Bonchev–Trinajstić information content (AvgIpc) is 3.37. The largest absolute Gasteiger partial charge is 0.493 e. The molecule has 8 nitrogen and oxygen atoms in total. The van der Waals surface area contributed by atoms with E-state index in [0.29, 0.717) is 36.4 Å². The van der Waals surface area contributed by atoms with Gasteiger partial charge in [0, 0.05) is 24.5 Å². The minimum atomic E-state index is 0.132. The van der Waals surface area contributed by atoms with E-state index in [2.05, 4.69) is 14.8 Å². The number of fused-ring (bicyclic) bond motifs is 2. The number of thiophene rings is 1. The van der Waals surface area contributed by atoms with Crippen molar-refractivity contribution in [3.8, 4) is 11.5 Å². The van der Waals surface area contributed by atoms with Gasteiger partial charge in [0.2, 0.25) is 5.95 Å². The van der Waals surface area contributed by atoms with Crippen molar-refractivity contribution in [2.24, 2.45) is 0 Å². The lowest BCUT2D eigenvalue weighted by Crippen LogP contribution is -2.62. The van der Waals surface area contributed by atoms with Crippen molar-refractivity contribution < 1.29 is 14.3 Å². The summed E-state index contributed by atoms with van der Waals surface area (Å²) in [7, 11) is 3.20. The SMILES string of the molecule is COc1cc2nc(N3CCN(C(=O)c4cccs4)[C@H]4CCCC[C@H]43)nc(N)c2cc1OC. The van der Waals surface area contributed by atoms with Gasteiger partial charge >= 0.3 is 0 Å². The van der Waals surface area contributed by atoms with E-state index >= 15 is 0 Å². The molecule has 2 fully saturated rings. The number of methoxy groups -OCH3 is 2. The first-order valence-corrected chi connectivity index (χ1v) is 11.8. The second-order valence-electron chi connectivity index (χ2n) is 8.22. The minimum absolute atomic E-state index is 0.132. The summed E-state index contributed by atoms with van der Waals surface area (Å²) in [6.07, 6.45) is 4.26. The van der Waals surface area contributed by atoms with Crippen molar-refractivity contribution in [3.63, 3.8) is 0 Å². The third-order valence-corrected chi connectivity index (χ3v) is 7.40. The van der Waals surface area contributed by atoms with Crippen LogP contribution in [0, 0.1) is 0 Å². The summed E-state index contributed by atoms with van der Waals surface area (Å²) in [5.74, 6) is 2.35. The lowest BCUT2D eigenvalue weighted by Gasteiger charge is -2.49. The molecule has 9 heteroatoms. The summed E-state index contributed by atoms with van der Waals surface area (Å²) in [5, 5.41) is 2.69. The summed E-state index contributed by atoms with van der Waals surface area (Å²) in [4.78, 5) is 27.8. The molecule has 0 spiro atoms. The molecule has 168 valence electrons. The number of nitrogens with two attached hydrogens (primary N) is 1. The molecule has 0 radical (unpaired) electrons. The Morgan fingerprint density at radius 3 is 2.56 bits per heavy atom. The maximum atomic E-state index is 13.2. The summed E-state index contributed by atoms with van der Waals surface area (Å²) >= 11 is 1.50. The van der Waals surface area contributed by atoms with E-state index in [-0.39, 0.29) is 18.0 Å².